The first-order valence-electron chi connectivity index (χ1n) is 5.97. The number of hydrogen-bond donors (Lipinski definition) is 2. The summed E-state index contributed by atoms with van der Waals surface area (Å²) in [7, 11) is 0. The molecule has 0 aliphatic heterocycles. The van der Waals surface area contributed by atoms with E-state index in [-0.39, 0.29) is 5.75 Å². The zero-order valence-corrected chi connectivity index (χ0v) is 12.4. The van der Waals surface area contributed by atoms with Gasteiger partial charge in [0.25, 0.3) is 0 Å². The number of esters is 1. The summed E-state index contributed by atoms with van der Waals surface area (Å²) in [5.41, 5.74) is 0.828. The number of ether oxygens (including phenoxy) is 1. The molecule has 6 heteroatoms. The van der Waals surface area contributed by atoms with E-state index in [9.17, 15) is 9.90 Å². The Bertz CT molecular complexity index is 789. The van der Waals surface area contributed by atoms with Crippen LogP contribution in [0.4, 0.5) is 0 Å². The number of benzene rings is 1. The van der Waals surface area contributed by atoms with Gasteiger partial charge in [0.05, 0.1) is 16.5 Å². The number of carbonyl (C=O) groups is 1. The molecule has 2 rings (SSSR count). The Kier molecular flexibility index (Phi) is 4.70. The molecule has 2 aromatic rings. The van der Waals surface area contributed by atoms with Gasteiger partial charge >= 0.3 is 5.97 Å². The van der Waals surface area contributed by atoms with Crippen LogP contribution >= 0.6 is 23.6 Å². The number of phenolic OH excluding ortho intramolecular Hbond substituents is 1. The zero-order chi connectivity index (χ0) is 14.5. The van der Waals surface area contributed by atoms with Crippen LogP contribution < -0.4 is 9.88 Å². The third-order valence-electron chi connectivity index (χ3n) is 2.42. The van der Waals surface area contributed by atoms with Crippen molar-refractivity contribution in [2.24, 2.45) is 0 Å². The fraction of sp³-hybridized carbons (Fsp3) is 0.143. The highest BCUT2D eigenvalue weighted by atomic mass is 32.1. The minimum absolute atomic E-state index is 0.189. The summed E-state index contributed by atoms with van der Waals surface area (Å²) in [4.78, 5) is 14.5. The second-order valence-corrected chi connectivity index (χ2v) is 5.65. The van der Waals surface area contributed by atoms with Crippen LogP contribution in [0, 0.1) is 3.95 Å². The van der Waals surface area contributed by atoms with Crippen molar-refractivity contribution in [2.75, 3.05) is 6.61 Å². The third kappa shape index (κ3) is 3.79. The van der Waals surface area contributed by atoms with E-state index in [0.717, 1.165) is 10.1 Å². The fourth-order valence-electron chi connectivity index (χ4n) is 1.63. The normalized spacial score (nSPS) is 12.7. The number of H-pyrrole nitrogens is 1. The molecule has 0 spiro atoms. The molecule has 1 aromatic heterocycles. The predicted molar refractivity (Wildman–Crippen MR) is 81.5 cm³/mol. The van der Waals surface area contributed by atoms with Crippen molar-refractivity contribution in [1.29, 1.82) is 0 Å². The van der Waals surface area contributed by atoms with Gasteiger partial charge in [-0.05, 0) is 42.9 Å². The highest BCUT2D eigenvalue weighted by Gasteiger charge is 1.99. The highest BCUT2D eigenvalue weighted by molar-refractivity contribution is 7.73. The Morgan fingerprint density at radius 2 is 2.35 bits per heavy atom. The van der Waals surface area contributed by atoms with Crippen molar-refractivity contribution >= 4 is 41.7 Å². The number of aromatic amines is 1. The van der Waals surface area contributed by atoms with E-state index in [1.54, 1.807) is 25.1 Å². The Morgan fingerprint density at radius 1 is 1.55 bits per heavy atom. The summed E-state index contributed by atoms with van der Waals surface area (Å²) in [6.07, 6.45) is 3.23. The topological polar surface area (TPSA) is 62.3 Å². The summed E-state index contributed by atoms with van der Waals surface area (Å²) < 4.78 is 6.27. The summed E-state index contributed by atoms with van der Waals surface area (Å²) in [6.45, 7) is 2.08. The lowest BCUT2D eigenvalue weighted by Gasteiger charge is -1.94. The quantitative estimate of drug-likeness (QED) is 0.669. The molecule has 104 valence electrons. The van der Waals surface area contributed by atoms with E-state index in [0.29, 0.717) is 15.9 Å². The third-order valence-corrected chi connectivity index (χ3v) is 3.62. The number of aromatic hydroxyl groups is 1. The van der Waals surface area contributed by atoms with Crippen LogP contribution in [0.1, 0.15) is 12.5 Å². The van der Waals surface area contributed by atoms with Gasteiger partial charge < -0.3 is 14.8 Å². The molecule has 2 N–H and O–H groups in total. The minimum Gasteiger partial charge on any atom is -0.508 e. The van der Waals surface area contributed by atoms with E-state index in [1.807, 2.05) is 12.1 Å². The average molecular weight is 307 g/mol. The van der Waals surface area contributed by atoms with Crippen molar-refractivity contribution in [1.82, 2.24) is 4.98 Å². The van der Waals surface area contributed by atoms with Crippen LogP contribution in [0.5, 0.6) is 5.75 Å². The lowest BCUT2D eigenvalue weighted by molar-refractivity contribution is -0.135. The number of carbonyl (C=O) groups excluding carboxylic acids is 1. The number of rotatable bonds is 3. The molecule has 4 nitrogen and oxygen atoms in total. The maximum Gasteiger partial charge on any atom is 0.332 e. The van der Waals surface area contributed by atoms with Gasteiger partial charge in [-0.25, -0.2) is 4.79 Å². The van der Waals surface area contributed by atoms with E-state index in [1.165, 1.54) is 17.4 Å². The Morgan fingerprint density at radius 3 is 3.05 bits per heavy atom. The summed E-state index contributed by atoms with van der Waals surface area (Å²) in [5, 5.41) is 10.1. The van der Waals surface area contributed by atoms with Crippen LogP contribution in [0.25, 0.3) is 12.2 Å². The molecule has 1 aromatic carbocycles. The molecule has 0 atom stereocenters. The standard InChI is InChI=1S/C14H13NO3S2/c1-2-18-13(17)8-11-12(20-14(19)15-11)7-9-4-3-5-10(16)6-9/h3-8,16H,2H2,1H3,(H,15,19)/b11-8-,12-7-. The number of nitrogens with one attached hydrogen (secondary N) is 1. The number of aromatic nitrogens is 1. The van der Waals surface area contributed by atoms with Crippen molar-refractivity contribution in [3.8, 4) is 5.75 Å². The van der Waals surface area contributed by atoms with E-state index >= 15 is 0 Å². The molecule has 0 saturated heterocycles. The molecule has 0 unspecified atom stereocenters. The second kappa shape index (κ2) is 6.49. The van der Waals surface area contributed by atoms with Crippen LogP contribution in [0.15, 0.2) is 24.3 Å². The van der Waals surface area contributed by atoms with Crippen LogP contribution in [0.2, 0.25) is 0 Å². The van der Waals surface area contributed by atoms with Crippen molar-refractivity contribution in [3.05, 3.63) is 43.7 Å². The van der Waals surface area contributed by atoms with E-state index in [4.69, 9.17) is 17.0 Å². The summed E-state index contributed by atoms with van der Waals surface area (Å²) in [5.74, 6) is -0.226. The Labute approximate surface area is 124 Å². The maximum absolute atomic E-state index is 11.5. The van der Waals surface area contributed by atoms with Gasteiger partial charge in [0, 0.05) is 6.08 Å². The van der Waals surface area contributed by atoms with Crippen molar-refractivity contribution < 1.29 is 14.6 Å². The van der Waals surface area contributed by atoms with Gasteiger partial charge in [-0.3, -0.25) is 0 Å². The van der Waals surface area contributed by atoms with Crippen LogP contribution in [-0.2, 0) is 9.53 Å². The molecule has 0 aliphatic carbocycles. The van der Waals surface area contributed by atoms with Gasteiger partial charge in [-0.2, -0.15) is 0 Å². The van der Waals surface area contributed by atoms with Crippen molar-refractivity contribution in [3.63, 3.8) is 0 Å². The molecule has 1 heterocycles. The minimum atomic E-state index is -0.415. The monoisotopic (exact) mass is 307 g/mol. The molecular weight excluding hydrogens is 294 g/mol. The molecule has 20 heavy (non-hydrogen) atoms. The van der Waals surface area contributed by atoms with Crippen LogP contribution in [0.3, 0.4) is 0 Å². The smallest absolute Gasteiger partial charge is 0.332 e. The first kappa shape index (κ1) is 14.5. The van der Waals surface area contributed by atoms with Gasteiger partial charge in [0.1, 0.15) is 5.75 Å². The van der Waals surface area contributed by atoms with Gasteiger partial charge in [-0.15, -0.1) is 11.3 Å². The lowest BCUT2D eigenvalue weighted by Crippen LogP contribution is -2.23. The summed E-state index contributed by atoms with van der Waals surface area (Å²) in [6, 6.07) is 6.84. The highest BCUT2D eigenvalue weighted by Crippen LogP contribution is 2.11. The average Bonchev–Trinajstić information content (AvgIpc) is 2.69. The maximum atomic E-state index is 11.5. The number of thiazole rings is 1. The molecule has 0 saturated carbocycles. The molecule has 0 amide bonds. The fourth-order valence-corrected chi connectivity index (χ4v) is 2.79. The molecule has 0 bridgehead atoms. The molecular formula is C14H13NO3S2. The van der Waals surface area contributed by atoms with E-state index < -0.39 is 5.97 Å². The summed E-state index contributed by atoms with van der Waals surface area (Å²) >= 11 is 6.46. The SMILES string of the molecule is CCOC(=O)/C=c1\[nH]c(=S)s\c1=C/c1cccc(O)c1. The lowest BCUT2D eigenvalue weighted by atomic mass is 10.2. The molecule has 0 aliphatic rings. The van der Waals surface area contributed by atoms with Crippen molar-refractivity contribution in [2.45, 2.75) is 6.92 Å². The predicted octanol–water partition coefficient (Wildman–Crippen LogP) is 1.68. The van der Waals surface area contributed by atoms with Gasteiger partial charge in [-0.1, -0.05) is 12.1 Å². The first-order valence-corrected chi connectivity index (χ1v) is 7.19. The Hall–Kier alpha value is -1.92. The van der Waals surface area contributed by atoms with Gasteiger partial charge in [0.15, 0.2) is 3.95 Å². The molecule has 0 radical (unpaired) electrons. The van der Waals surface area contributed by atoms with Crippen LogP contribution in [-0.4, -0.2) is 22.7 Å². The van der Waals surface area contributed by atoms with Gasteiger partial charge in [0.2, 0.25) is 0 Å². The largest absolute Gasteiger partial charge is 0.508 e. The number of phenols is 1. The second-order valence-electron chi connectivity index (χ2n) is 3.93. The zero-order valence-electron chi connectivity index (χ0n) is 10.8. The molecule has 0 fully saturated rings. The Balaban J connectivity index is 2.53. The first-order chi connectivity index (χ1) is 9.58. The number of hydrogen-bond acceptors (Lipinski definition) is 5. The van der Waals surface area contributed by atoms with E-state index in [2.05, 4.69) is 4.98 Å².